The zero-order valence-electron chi connectivity index (χ0n) is 5.71. The maximum atomic E-state index is 5.38. The Balaban J connectivity index is 0. The van der Waals surface area contributed by atoms with Gasteiger partial charge in [0.15, 0.2) is 0 Å². The molecule has 0 aromatic carbocycles. The molecule has 0 fully saturated rings. The average Bonchev–Trinajstić information content (AvgIpc) is 1.27. The van der Waals surface area contributed by atoms with Crippen LogP contribution in [0.5, 0.6) is 0 Å². The van der Waals surface area contributed by atoms with E-state index in [0.29, 0.717) is 0 Å². The second kappa shape index (κ2) is 6.23. The van der Waals surface area contributed by atoms with Crippen molar-refractivity contribution < 1.29 is 4.31 Å². The third kappa shape index (κ3) is 10.2. The van der Waals surface area contributed by atoms with E-state index in [1.165, 1.54) is 0 Å². The summed E-state index contributed by atoms with van der Waals surface area (Å²) < 4.78 is 5.38. The molecular weight excluding hydrogens is 161 g/mol. The molecule has 0 amide bonds. The van der Waals surface area contributed by atoms with Crippen LogP contribution in [-0.4, -0.2) is 26.7 Å². The molecule has 0 N–H and O–H groups in total. The highest BCUT2D eigenvalue weighted by Crippen LogP contribution is 2.43. The first kappa shape index (κ1) is 11.9. The van der Waals surface area contributed by atoms with E-state index >= 15 is 0 Å². The molecule has 4 heteroatoms. The van der Waals surface area contributed by atoms with Crippen LogP contribution in [0.15, 0.2) is 0 Å². The number of halogens is 1. The second-order valence-corrected chi connectivity index (χ2v) is 5.61. The van der Waals surface area contributed by atoms with Crippen LogP contribution in [0.2, 0.25) is 0 Å². The standard InChI is InChI=1S/C4H12OP2.ClH/c1-6(2)5-7(3)4;/h1-4H3;1H. The molecule has 0 aromatic rings. The summed E-state index contributed by atoms with van der Waals surface area (Å²) in [6.07, 6.45) is 0. The van der Waals surface area contributed by atoms with Gasteiger partial charge in [-0.2, -0.15) is 0 Å². The lowest BCUT2D eigenvalue weighted by molar-refractivity contribution is 0.704. The Hall–Kier alpha value is 1.11. The van der Waals surface area contributed by atoms with E-state index < -0.39 is 0 Å². The first-order valence-electron chi connectivity index (χ1n) is 2.15. The van der Waals surface area contributed by atoms with E-state index in [9.17, 15) is 0 Å². The molecule has 0 aliphatic carbocycles. The van der Waals surface area contributed by atoms with E-state index in [1.54, 1.807) is 0 Å². The minimum Gasteiger partial charge on any atom is -0.339 e. The third-order valence-corrected chi connectivity index (χ3v) is 2.94. The Kier molecular flexibility index (Phi) is 9.24. The molecule has 0 aliphatic rings. The van der Waals surface area contributed by atoms with Gasteiger partial charge in [-0.1, -0.05) is 0 Å². The van der Waals surface area contributed by atoms with Crippen LogP contribution in [0.3, 0.4) is 0 Å². The fourth-order valence-electron chi connectivity index (χ4n) is 0.327. The monoisotopic (exact) mass is 174 g/mol. The number of hydrogen-bond donors (Lipinski definition) is 0. The van der Waals surface area contributed by atoms with Crippen molar-refractivity contribution in [2.75, 3.05) is 26.7 Å². The number of hydrogen-bond acceptors (Lipinski definition) is 1. The molecule has 0 radical (unpaired) electrons. The highest BCUT2D eigenvalue weighted by atomic mass is 35.5. The molecule has 0 saturated heterocycles. The first-order chi connectivity index (χ1) is 3.13. The van der Waals surface area contributed by atoms with Gasteiger partial charge in [0.1, 0.15) is 0 Å². The molecule has 0 atom stereocenters. The largest absolute Gasteiger partial charge is 0.339 e. The first-order valence-corrected chi connectivity index (χ1v) is 6.46. The molecule has 0 heterocycles. The lowest BCUT2D eigenvalue weighted by Gasteiger charge is -2.08. The van der Waals surface area contributed by atoms with Gasteiger partial charge in [-0.25, -0.2) is 0 Å². The molecule has 0 unspecified atom stereocenters. The molecular formula is C4H13ClOP2. The summed E-state index contributed by atoms with van der Waals surface area (Å²) in [4.78, 5) is 0. The van der Waals surface area contributed by atoms with E-state index in [0.717, 1.165) is 0 Å². The Morgan fingerprint density at radius 1 is 0.875 bits per heavy atom. The highest BCUT2D eigenvalue weighted by Gasteiger charge is 1.94. The van der Waals surface area contributed by atoms with Gasteiger partial charge < -0.3 is 4.31 Å². The summed E-state index contributed by atoms with van der Waals surface area (Å²) >= 11 is 0. The molecule has 1 nitrogen and oxygen atoms in total. The summed E-state index contributed by atoms with van der Waals surface area (Å²) in [6, 6.07) is 0. The predicted molar refractivity (Wildman–Crippen MR) is 45.9 cm³/mol. The van der Waals surface area contributed by atoms with E-state index in [2.05, 4.69) is 26.7 Å². The van der Waals surface area contributed by atoms with Crippen LogP contribution in [0, 0.1) is 0 Å². The lowest BCUT2D eigenvalue weighted by Crippen LogP contribution is -1.70. The Morgan fingerprint density at radius 3 is 1.12 bits per heavy atom. The van der Waals surface area contributed by atoms with Gasteiger partial charge in [0.25, 0.3) is 0 Å². The maximum absolute atomic E-state index is 5.38. The van der Waals surface area contributed by atoms with Gasteiger partial charge in [0.05, 0.1) is 0 Å². The van der Waals surface area contributed by atoms with Crippen molar-refractivity contribution in [1.82, 2.24) is 0 Å². The molecule has 0 spiro atoms. The average molecular weight is 175 g/mol. The molecule has 0 rings (SSSR count). The quantitative estimate of drug-likeness (QED) is 0.585. The summed E-state index contributed by atoms with van der Waals surface area (Å²) in [5, 5.41) is 0. The SMILES string of the molecule is CP(C)OP(C)C.Cl. The van der Waals surface area contributed by atoms with Gasteiger partial charge in [0, 0.05) is 16.3 Å². The van der Waals surface area contributed by atoms with Crippen LogP contribution >= 0.6 is 28.7 Å². The van der Waals surface area contributed by atoms with Gasteiger partial charge in [-0.05, 0) is 26.7 Å². The highest BCUT2D eigenvalue weighted by molar-refractivity contribution is 7.64. The lowest BCUT2D eigenvalue weighted by atomic mass is 11.9. The maximum Gasteiger partial charge on any atom is 0.0276 e. The zero-order valence-corrected chi connectivity index (χ0v) is 8.32. The van der Waals surface area contributed by atoms with Gasteiger partial charge in [0.2, 0.25) is 0 Å². The second-order valence-electron chi connectivity index (χ2n) is 1.71. The Bertz CT molecular complexity index is 43.3. The Labute approximate surface area is 60.3 Å². The van der Waals surface area contributed by atoms with E-state index in [4.69, 9.17) is 4.31 Å². The summed E-state index contributed by atoms with van der Waals surface area (Å²) in [7, 11) is -0.222. The summed E-state index contributed by atoms with van der Waals surface area (Å²) in [5.41, 5.74) is 0. The van der Waals surface area contributed by atoms with Gasteiger partial charge in [-0.15, -0.1) is 12.4 Å². The Morgan fingerprint density at radius 2 is 1.12 bits per heavy atom. The van der Waals surface area contributed by atoms with E-state index in [-0.39, 0.29) is 28.7 Å². The summed E-state index contributed by atoms with van der Waals surface area (Å²) in [5.74, 6) is 0. The fraction of sp³-hybridized carbons (Fsp3) is 1.00. The minimum absolute atomic E-state index is 0. The molecule has 0 aromatic heterocycles. The molecule has 0 aliphatic heterocycles. The van der Waals surface area contributed by atoms with Crippen LogP contribution in [0.25, 0.3) is 0 Å². The van der Waals surface area contributed by atoms with Crippen LogP contribution in [-0.2, 0) is 4.31 Å². The number of rotatable bonds is 2. The van der Waals surface area contributed by atoms with Crippen molar-refractivity contribution in [1.29, 1.82) is 0 Å². The summed E-state index contributed by atoms with van der Waals surface area (Å²) in [6.45, 7) is 8.49. The van der Waals surface area contributed by atoms with Crippen molar-refractivity contribution in [3.63, 3.8) is 0 Å². The van der Waals surface area contributed by atoms with Crippen molar-refractivity contribution in [3.8, 4) is 0 Å². The molecule has 8 heavy (non-hydrogen) atoms. The minimum atomic E-state index is -0.111. The smallest absolute Gasteiger partial charge is 0.0276 e. The topological polar surface area (TPSA) is 9.23 Å². The third-order valence-electron chi connectivity index (χ3n) is 0.327. The van der Waals surface area contributed by atoms with Crippen LogP contribution < -0.4 is 0 Å². The zero-order chi connectivity index (χ0) is 5.86. The fourth-order valence-corrected chi connectivity index (χ4v) is 2.94. The predicted octanol–water partition coefficient (Wildman–Crippen LogP) is 2.74. The van der Waals surface area contributed by atoms with Crippen molar-refractivity contribution in [2.45, 2.75) is 0 Å². The van der Waals surface area contributed by atoms with Crippen molar-refractivity contribution in [3.05, 3.63) is 0 Å². The normalized spacial score (nSPS) is 9.75. The van der Waals surface area contributed by atoms with Crippen LogP contribution in [0.1, 0.15) is 0 Å². The van der Waals surface area contributed by atoms with Crippen molar-refractivity contribution >= 4 is 28.7 Å². The molecule has 0 saturated carbocycles. The van der Waals surface area contributed by atoms with Gasteiger partial charge in [-0.3, -0.25) is 0 Å². The van der Waals surface area contributed by atoms with E-state index in [1.807, 2.05) is 0 Å². The van der Waals surface area contributed by atoms with Crippen molar-refractivity contribution in [2.24, 2.45) is 0 Å². The molecule has 0 bridgehead atoms. The van der Waals surface area contributed by atoms with Gasteiger partial charge >= 0.3 is 0 Å². The van der Waals surface area contributed by atoms with Crippen LogP contribution in [0.4, 0.5) is 0 Å². The molecule has 52 valence electrons.